The summed E-state index contributed by atoms with van der Waals surface area (Å²) in [5.41, 5.74) is 1.47. The predicted octanol–water partition coefficient (Wildman–Crippen LogP) is 5.01. The lowest BCUT2D eigenvalue weighted by Crippen LogP contribution is -2.04. The summed E-state index contributed by atoms with van der Waals surface area (Å²) in [6.07, 6.45) is 4.84. The van der Waals surface area contributed by atoms with E-state index < -0.39 is 0 Å². The van der Waals surface area contributed by atoms with E-state index in [1.807, 2.05) is 19.1 Å². The van der Waals surface area contributed by atoms with Crippen molar-refractivity contribution in [3.05, 3.63) is 66.1 Å². The fourth-order valence-corrected chi connectivity index (χ4v) is 3.50. The van der Waals surface area contributed by atoms with E-state index in [0.29, 0.717) is 48.7 Å². The largest absolute Gasteiger partial charge is 0.466 e. The van der Waals surface area contributed by atoms with Crippen LogP contribution in [0.5, 0.6) is 0 Å². The molecule has 0 bridgehead atoms. The van der Waals surface area contributed by atoms with Gasteiger partial charge in [-0.1, -0.05) is 24.3 Å². The van der Waals surface area contributed by atoms with Gasteiger partial charge in [0.25, 0.3) is 0 Å². The number of hydrogen-bond acceptors (Lipinski definition) is 5. The molecule has 6 nitrogen and oxygen atoms in total. The van der Waals surface area contributed by atoms with Gasteiger partial charge in [-0.25, -0.2) is 9.37 Å². The highest BCUT2D eigenvalue weighted by molar-refractivity contribution is 5.96. The van der Waals surface area contributed by atoms with Gasteiger partial charge in [-0.2, -0.15) is 4.98 Å². The van der Waals surface area contributed by atoms with E-state index in [0.717, 1.165) is 16.8 Å². The van der Waals surface area contributed by atoms with Crippen molar-refractivity contribution < 1.29 is 18.3 Å². The third kappa shape index (κ3) is 3.83. The molecule has 2 aromatic carbocycles. The Morgan fingerprint density at radius 2 is 2.00 bits per heavy atom. The van der Waals surface area contributed by atoms with Gasteiger partial charge in [-0.15, -0.1) is 0 Å². The first-order valence-electron chi connectivity index (χ1n) is 9.91. The van der Waals surface area contributed by atoms with E-state index in [1.54, 1.807) is 42.1 Å². The van der Waals surface area contributed by atoms with E-state index in [1.165, 1.54) is 6.07 Å². The Hall–Kier alpha value is -3.48. The quantitative estimate of drug-likeness (QED) is 0.403. The molecule has 0 unspecified atom stereocenters. The van der Waals surface area contributed by atoms with Gasteiger partial charge in [0.05, 0.1) is 12.3 Å². The van der Waals surface area contributed by atoms with E-state index >= 15 is 0 Å². The van der Waals surface area contributed by atoms with Gasteiger partial charge in [0.15, 0.2) is 5.76 Å². The molecular formula is C23H22FN3O3. The number of carbonyl (C=O) groups excluding carboxylic acids is 1. The van der Waals surface area contributed by atoms with Gasteiger partial charge in [0.1, 0.15) is 11.6 Å². The molecule has 4 aromatic rings. The van der Waals surface area contributed by atoms with Gasteiger partial charge in [0.2, 0.25) is 0 Å². The van der Waals surface area contributed by atoms with Gasteiger partial charge < -0.3 is 9.15 Å². The number of halogens is 1. The molecule has 0 spiro atoms. The van der Waals surface area contributed by atoms with Crippen LogP contribution in [0, 0.1) is 12.7 Å². The number of ether oxygens (including phenoxy) is 1. The molecule has 7 heteroatoms. The Bertz CT molecular complexity index is 1200. The van der Waals surface area contributed by atoms with Crippen molar-refractivity contribution in [1.82, 2.24) is 14.5 Å². The van der Waals surface area contributed by atoms with Crippen LogP contribution in [0.25, 0.3) is 28.1 Å². The standard InChI is InChI=1S/C23H22FN3O3/c1-3-29-21(28)10-6-9-20-22(30-23(26-20)27-14-13-25-15(27)2)18-11-12-19(24)17-8-5-4-7-16(17)18/h4-5,7-8,11-14H,3,6,9-10H2,1-2H3. The summed E-state index contributed by atoms with van der Waals surface area (Å²) in [4.78, 5) is 20.6. The Morgan fingerprint density at radius 1 is 1.20 bits per heavy atom. The zero-order valence-electron chi connectivity index (χ0n) is 16.9. The van der Waals surface area contributed by atoms with Crippen LogP contribution >= 0.6 is 0 Å². The Kier molecular flexibility index (Phi) is 5.61. The molecule has 0 saturated heterocycles. The minimum absolute atomic E-state index is 0.236. The number of aromatic nitrogens is 3. The number of imidazole rings is 1. The van der Waals surface area contributed by atoms with Crippen LogP contribution in [0.3, 0.4) is 0 Å². The van der Waals surface area contributed by atoms with E-state index in [-0.39, 0.29) is 11.8 Å². The molecule has 0 aliphatic heterocycles. The molecule has 30 heavy (non-hydrogen) atoms. The first kappa shape index (κ1) is 19.8. The molecule has 2 aromatic heterocycles. The molecule has 0 amide bonds. The van der Waals surface area contributed by atoms with Crippen LogP contribution in [0.4, 0.5) is 4.39 Å². The predicted molar refractivity (Wildman–Crippen MR) is 111 cm³/mol. The van der Waals surface area contributed by atoms with Gasteiger partial charge in [0, 0.05) is 29.8 Å². The van der Waals surface area contributed by atoms with Crippen molar-refractivity contribution in [1.29, 1.82) is 0 Å². The summed E-state index contributed by atoms with van der Waals surface area (Å²) in [6.45, 7) is 4.00. The summed E-state index contributed by atoms with van der Waals surface area (Å²) in [7, 11) is 0. The van der Waals surface area contributed by atoms with Crippen molar-refractivity contribution in [2.24, 2.45) is 0 Å². The van der Waals surface area contributed by atoms with Crippen molar-refractivity contribution in [2.75, 3.05) is 6.61 Å². The third-order valence-electron chi connectivity index (χ3n) is 4.93. The molecule has 0 atom stereocenters. The van der Waals surface area contributed by atoms with Crippen molar-refractivity contribution in [3.63, 3.8) is 0 Å². The summed E-state index contributed by atoms with van der Waals surface area (Å²) >= 11 is 0. The molecule has 0 N–H and O–H groups in total. The van der Waals surface area contributed by atoms with Crippen molar-refractivity contribution >= 4 is 16.7 Å². The zero-order valence-corrected chi connectivity index (χ0v) is 16.9. The van der Waals surface area contributed by atoms with Crippen LogP contribution in [0.15, 0.2) is 53.2 Å². The van der Waals surface area contributed by atoms with E-state index in [4.69, 9.17) is 9.15 Å². The van der Waals surface area contributed by atoms with E-state index in [2.05, 4.69) is 9.97 Å². The molecule has 4 rings (SSSR count). The van der Waals surface area contributed by atoms with Gasteiger partial charge in [-0.3, -0.25) is 9.36 Å². The Labute approximate surface area is 173 Å². The summed E-state index contributed by atoms with van der Waals surface area (Å²) < 4.78 is 27.2. The van der Waals surface area contributed by atoms with Gasteiger partial charge >= 0.3 is 12.0 Å². The maximum absolute atomic E-state index is 14.3. The van der Waals surface area contributed by atoms with Crippen LogP contribution in [0.2, 0.25) is 0 Å². The van der Waals surface area contributed by atoms with Crippen LogP contribution in [-0.2, 0) is 16.0 Å². The normalized spacial score (nSPS) is 11.2. The average molecular weight is 407 g/mol. The molecular weight excluding hydrogens is 385 g/mol. The lowest BCUT2D eigenvalue weighted by molar-refractivity contribution is -0.143. The van der Waals surface area contributed by atoms with E-state index in [9.17, 15) is 9.18 Å². The fraction of sp³-hybridized carbons (Fsp3) is 0.261. The summed E-state index contributed by atoms with van der Waals surface area (Å²) in [5, 5.41) is 1.26. The third-order valence-corrected chi connectivity index (χ3v) is 4.93. The molecule has 0 aliphatic rings. The first-order chi connectivity index (χ1) is 14.6. The molecule has 2 heterocycles. The number of oxazole rings is 1. The maximum atomic E-state index is 14.3. The molecule has 0 saturated carbocycles. The minimum atomic E-state index is -0.289. The number of aryl methyl sites for hydroxylation is 2. The number of benzene rings is 2. The van der Waals surface area contributed by atoms with Crippen molar-refractivity contribution in [3.8, 4) is 17.3 Å². The highest BCUT2D eigenvalue weighted by Crippen LogP contribution is 2.34. The molecule has 154 valence electrons. The van der Waals surface area contributed by atoms with Crippen LogP contribution in [-0.4, -0.2) is 27.1 Å². The van der Waals surface area contributed by atoms with Crippen LogP contribution < -0.4 is 0 Å². The number of nitrogens with zero attached hydrogens (tertiary/aromatic N) is 3. The number of esters is 1. The van der Waals surface area contributed by atoms with Gasteiger partial charge in [-0.05, 0) is 44.2 Å². The molecule has 0 aliphatic carbocycles. The smallest absolute Gasteiger partial charge is 0.307 e. The first-order valence-corrected chi connectivity index (χ1v) is 9.91. The van der Waals surface area contributed by atoms with Crippen molar-refractivity contribution in [2.45, 2.75) is 33.1 Å². The number of rotatable bonds is 7. The monoisotopic (exact) mass is 407 g/mol. The highest BCUT2D eigenvalue weighted by Gasteiger charge is 2.20. The Morgan fingerprint density at radius 3 is 2.73 bits per heavy atom. The summed E-state index contributed by atoms with van der Waals surface area (Å²) in [6, 6.07) is 10.8. The van der Waals surface area contributed by atoms with Crippen LogP contribution in [0.1, 0.15) is 31.3 Å². The molecule has 0 fully saturated rings. The number of fused-ring (bicyclic) bond motifs is 1. The number of carbonyl (C=O) groups is 1. The lowest BCUT2D eigenvalue weighted by atomic mass is 10.00. The second-order valence-corrected chi connectivity index (χ2v) is 6.92. The second-order valence-electron chi connectivity index (χ2n) is 6.92. The Balaban J connectivity index is 1.76. The lowest BCUT2D eigenvalue weighted by Gasteiger charge is -2.07. The maximum Gasteiger partial charge on any atom is 0.307 e. The SMILES string of the molecule is CCOC(=O)CCCc1nc(-n2ccnc2C)oc1-c1ccc(F)c2ccccc12. The molecule has 0 radical (unpaired) electrons. The highest BCUT2D eigenvalue weighted by atomic mass is 19.1. The summed E-state index contributed by atoms with van der Waals surface area (Å²) in [5.74, 6) is 0.784. The minimum Gasteiger partial charge on any atom is -0.466 e. The average Bonchev–Trinajstić information content (AvgIpc) is 3.35. The topological polar surface area (TPSA) is 70.2 Å². The zero-order chi connectivity index (χ0) is 21.1. The number of hydrogen-bond donors (Lipinski definition) is 0. The fourth-order valence-electron chi connectivity index (χ4n) is 3.50. The second kappa shape index (κ2) is 8.49.